The number of halogens is 1. The minimum atomic E-state index is -0.978. The molecular weight excluding hydrogens is 225 g/mol. The molecule has 92 valence electrons. The predicted octanol–water partition coefficient (Wildman–Crippen LogP) is 0.667. The molecule has 1 amide bonds. The van der Waals surface area contributed by atoms with E-state index in [2.05, 4.69) is 10.3 Å². The molecule has 0 radical (unpaired) electrons. The predicted molar refractivity (Wildman–Crippen MR) is 59.8 cm³/mol. The van der Waals surface area contributed by atoms with Gasteiger partial charge in [0.25, 0.3) is 0 Å². The molecule has 1 saturated heterocycles. The van der Waals surface area contributed by atoms with E-state index in [9.17, 15) is 9.18 Å². The Kier molecular flexibility index (Phi) is 3.35. The summed E-state index contributed by atoms with van der Waals surface area (Å²) in [7, 11) is 0. The Morgan fingerprint density at radius 3 is 2.88 bits per heavy atom. The average molecular weight is 239 g/mol. The van der Waals surface area contributed by atoms with Crippen LogP contribution in [0.25, 0.3) is 0 Å². The average Bonchev–Trinajstić information content (AvgIpc) is 2.33. The normalized spacial score (nSPS) is 18.7. The summed E-state index contributed by atoms with van der Waals surface area (Å²) in [6, 6.07) is 1.40. The molecule has 0 bridgehead atoms. The number of carbonyl (C=O) groups excluding carboxylic acids is 1. The van der Waals surface area contributed by atoms with Crippen LogP contribution < -0.4 is 11.1 Å². The maximum atomic E-state index is 13.3. The third kappa shape index (κ3) is 2.59. The molecule has 17 heavy (non-hydrogen) atoms. The Bertz CT molecular complexity index is 419. The van der Waals surface area contributed by atoms with Crippen LogP contribution >= 0.6 is 0 Å². The van der Waals surface area contributed by atoms with E-state index in [1.165, 1.54) is 12.3 Å². The molecule has 6 heteroatoms. The van der Waals surface area contributed by atoms with Gasteiger partial charge >= 0.3 is 0 Å². The van der Waals surface area contributed by atoms with E-state index in [1.54, 1.807) is 0 Å². The Morgan fingerprint density at radius 1 is 1.53 bits per heavy atom. The van der Waals surface area contributed by atoms with Crippen LogP contribution in [0.2, 0.25) is 0 Å². The van der Waals surface area contributed by atoms with Gasteiger partial charge in [-0.1, -0.05) is 0 Å². The lowest BCUT2D eigenvalue weighted by Crippen LogP contribution is -2.54. The third-order valence-electron chi connectivity index (χ3n) is 2.86. The first kappa shape index (κ1) is 11.9. The Morgan fingerprint density at radius 2 is 2.24 bits per heavy atom. The fraction of sp³-hybridized carbons (Fsp3) is 0.455. The number of pyridine rings is 1. The topological polar surface area (TPSA) is 77.2 Å². The van der Waals surface area contributed by atoms with Crippen molar-refractivity contribution in [1.29, 1.82) is 0 Å². The van der Waals surface area contributed by atoms with Gasteiger partial charge in [0.05, 0.1) is 11.9 Å². The number of hydrogen-bond donors (Lipinski definition) is 2. The lowest BCUT2D eigenvalue weighted by Gasteiger charge is -2.31. The van der Waals surface area contributed by atoms with Crippen molar-refractivity contribution in [2.45, 2.75) is 18.4 Å². The third-order valence-corrected chi connectivity index (χ3v) is 2.86. The van der Waals surface area contributed by atoms with Crippen molar-refractivity contribution < 1.29 is 13.9 Å². The number of hydrogen-bond acceptors (Lipinski definition) is 4. The van der Waals surface area contributed by atoms with Gasteiger partial charge in [0.15, 0.2) is 5.82 Å². The standard InChI is InChI=1S/C11H14FN3O2/c12-8-7-14-4-1-9(8)15-10(16)11(13)2-5-17-6-3-11/h1,4,7H,2-3,5-6,13H2,(H,14,15,16). The van der Waals surface area contributed by atoms with Gasteiger partial charge in [-0.2, -0.15) is 0 Å². The van der Waals surface area contributed by atoms with Gasteiger partial charge in [-0.05, 0) is 18.9 Å². The van der Waals surface area contributed by atoms with Gasteiger partial charge in [0.2, 0.25) is 5.91 Å². The number of carbonyl (C=O) groups is 1. The molecule has 0 aromatic carbocycles. The fourth-order valence-corrected chi connectivity index (χ4v) is 1.69. The first-order valence-corrected chi connectivity index (χ1v) is 5.39. The summed E-state index contributed by atoms with van der Waals surface area (Å²) in [5.41, 5.74) is 5.09. The van der Waals surface area contributed by atoms with E-state index in [0.717, 1.165) is 6.20 Å². The molecular formula is C11H14FN3O2. The fourth-order valence-electron chi connectivity index (χ4n) is 1.69. The number of amides is 1. The second-order valence-electron chi connectivity index (χ2n) is 4.08. The van der Waals surface area contributed by atoms with Crippen molar-refractivity contribution in [2.24, 2.45) is 5.73 Å². The molecule has 1 aromatic heterocycles. The van der Waals surface area contributed by atoms with Gasteiger partial charge in [-0.25, -0.2) is 4.39 Å². The highest BCUT2D eigenvalue weighted by Crippen LogP contribution is 2.20. The van der Waals surface area contributed by atoms with Crippen LogP contribution in [-0.2, 0) is 9.53 Å². The van der Waals surface area contributed by atoms with Crippen LogP contribution in [0.5, 0.6) is 0 Å². The molecule has 0 aliphatic carbocycles. The minimum Gasteiger partial charge on any atom is -0.381 e. The summed E-state index contributed by atoms with van der Waals surface area (Å²) in [5.74, 6) is -0.956. The van der Waals surface area contributed by atoms with Gasteiger partial charge in [0.1, 0.15) is 5.54 Å². The Balaban J connectivity index is 2.08. The van der Waals surface area contributed by atoms with E-state index in [1.807, 2.05) is 0 Å². The summed E-state index contributed by atoms with van der Waals surface area (Å²) >= 11 is 0. The van der Waals surface area contributed by atoms with Crippen LogP contribution in [0.1, 0.15) is 12.8 Å². The smallest absolute Gasteiger partial charge is 0.244 e. The lowest BCUT2D eigenvalue weighted by molar-refractivity contribution is -0.124. The molecule has 5 nitrogen and oxygen atoms in total. The molecule has 1 fully saturated rings. The van der Waals surface area contributed by atoms with Crippen molar-refractivity contribution in [3.05, 3.63) is 24.3 Å². The first-order chi connectivity index (χ1) is 8.12. The maximum Gasteiger partial charge on any atom is 0.244 e. The SMILES string of the molecule is NC1(C(=O)Nc2ccncc2F)CCOCC1. The first-order valence-electron chi connectivity index (χ1n) is 5.39. The number of ether oxygens (including phenoxy) is 1. The number of nitrogens with zero attached hydrogens (tertiary/aromatic N) is 1. The molecule has 0 spiro atoms. The number of nitrogens with two attached hydrogens (primary N) is 1. The zero-order valence-electron chi connectivity index (χ0n) is 9.28. The second-order valence-corrected chi connectivity index (χ2v) is 4.08. The summed E-state index contributed by atoms with van der Waals surface area (Å²) in [4.78, 5) is 15.6. The van der Waals surface area contributed by atoms with Crippen molar-refractivity contribution in [2.75, 3.05) is 18.5 Å². The summed E-state index contributed by atoms with van der Waals surface area (Å²) < 4.78 is 18.4. The highest BCUT2D eigenvalue weighted by Gasteiger charge is 2.36. The molecule has 2 rings (SSSR count). The van der Waals surface area contributed by atoms with Crippen molar-refractivity contribution in [3.63, 3.8) is 0 Å². The molecule has 3 N–H and O–H groups in total. The summed E-state index contributed by atoms with van der Waals surface area (Å²) in [6.45, 7) is 0.894. The summed E-state index contributed by atoms with van der Waals surface area (Å²) in [5, 5.41) is 2.49. The highest BCUT2D eigenvalue weighted by molar-refractivity contribution is 5.98. The maximum absolute atomic E-state index is 13.3. The highest BCUT2D eigenvalue weighted by atomic mass is 19.1. The van der Waals surface area contributed by atoms with Gasteiger partial charge in [-0.15, -0.1) is 0 Å². The minimum absolute atomic E-state index is 0.0984. The van der Waals surface area contributed by atoms with E-state index >= 15 is 0 Å². The van der Waals surface area contributed by atoms with Crippen LogP contribution in [0.15, 0.2) is 18.5 Å². The largest absolute Gasteiger partial charge is 0.381 e. The van der Waals surface area contributed by atoms with Crippen molar-refractivity contribution >= 4 is 11.6 Å². The second kappa shape index (κ2) is 4.77. The lowest BCUT2D eigenvalue weighted by atomic mass is 9.90. The van der Waals surface area contributed by atoms with Crippen LogP contribution in [0, 0.1) is 5.82 Å². The van der Waals surface area contributed by atoms with Gasteiger partial charge in [0, 0.05) is 19.4 Å². The zero-order chi connectivity index (χ0) is 12.3. The monoisotopic (exact) mass is 239 g/mol. The van der Waals surface area contributed by atoms with Crippen LogP contribution in [0.4, 0.5) is 10.1 Å². The van der Waals surface area contributed by atoms with Crippen LogP contribution in [-0.4, -0.2) is 29.6 Å². The van der Waals surface area contributed by atoms with Crippen molar-refractivity contribution in [3.8, 4) is 0 Å². The number of anilines is 1. The van der Waals surface area contributed by atoms with Gasteiger partial charge < -0.3 is 15.8 Å². The van der Waals surface area contributed by atoms with E-state index in [4.69, 9.17) is 10.5 Å². The van der Waals surface area contributed by atoms with E-state index in [-0.39, 0.29) is 11.6 Å². The molecule has 1 aliphatic rings. The Labute approximate surface area is 98.2 Å². The molecule has 0 unspecified atom stereocenters. The molecule has 1 aromatic rings. The van der Waals surface area contributed by atoms with Crippen molar-refractivity contribution in [1.82, 2.24) is 4.98 Å². The number of aromatic nitrogens is 1. The van der Waals surface area contributed by atoms with Crippen LogP contribution in [0.3, 0.4) is 0 Å². The van der Waals surface area contributed by atoms with Gasteiger partial charge in [-0.3, -0.25) is 9.78 Å². The zero-order valence-corrected chi connectivity index (χ0v) is 9.28. The molecule has 0 atom stereocenters. The Hall–Kier alpha value is -1.53. The molecule has 0 saturated carbocycles. The summed E-state index contributed by atoms with van der Waals surface area (Å²) in [6.07, 6.45) is 3.33. The van der Waals surface area contributed by atoms with E-state index in [0.29, 0.717) is 26.1 Å². The van der Waals surface area contributed by atoms with E-state index < -0.39 is 11.4 Å². The number of rotatable bonds is 2. The molecule has 2 heterocycles. The number of nitrogens with one attached hydrogen (secondary N) is 1. The quantitative estimate of drug-likeness (QED) is 0.795. The molecule has 1 aliphatic heterocycles.